The number of nitrogens with zero attached hydrogens (tertiary/aromatic N) is 3. The van der Waals surface area contributed by atoms with Crippen molar-refractivity contribution in [2.24, 2.45) is 11.1 Å². The molecule has 0 saturated carbocycles. The van der Waals surface area contributed by atoms with Crippen molar-refractivity contribution in [3.8, 4) is 11.3 Å². The van der Waals surface area contributed by atoms with Crippen LogP contribution < -0.4 is 5.73 Å². The molecule has 154 valence electrons. The first-order valence-electron chi connectivity index (χ1n) is 9.76. The van der Waals surface area contributed by atoms with Gasteiger partial charge in [-0.1, -0.05) is 45.0 Å². The van der Waals surface area contributed by atoms with E-state index in [4.69, 9.17) is 10.5 Å². The summed E-state index contributed by atoms with van der Waals surface area (Å²) < 4.78 is 5.48. The van der Waals surface area contributed by atoms with Crippen LogP contribution in [0.25, 0.3) is 11.3 Å². The van der Waals surface area contributed by atoms with Crippen LogP contribution in [-0.4, -0.2) is 27.1 Å². The predicted octanol–water partition coefficient (Wildman–Crippen LogP) is 4.24. The Hall–Kier alpha value is -2.21. The highest BCUT2D eigenvalue weighted by Crippen LogP contribution is 2.35. The number of carbonyl (C=O) groups is 1. The number of nitrogens with two attached hydrogens (primary N) is 1. The Labute approximate surface area is 168 Å². The predicted molar refractivity (Wildman–Crippen MR) is 112 cm³/mol. The van der Waals surface area contributed by atoms with Crippen molar-refractivity contribution < 1.29 is 9.53 Å². The number of aromatic nitrogens is 3. The molecule has 6 nitrogen and oxygen atoms in total. The molecule has 28 heavy (non-hydrogen) atoms. The number of ether oxygens (including phenoxy) is 1. The van der Waals surface area contributed by atoms with Gasteiger partial charge in [0.1, 0.15) is 11.2 Å². The minimum absolute atomic E-state index is 0.140. The molecule has 0 aliphatic rings. The van der Waals surface area contributed by atoms with Crippen LogP contribution in [-0.2, 0) is 20.6 Å². The van der Waals surface area contributed by atoms with Gasteiger partial charge in [0.25, 0.3) is 0 Å². The van der Waals surface area contributed by atoms with Gasteiger partial charge in [-0.25, -0.2) is 4.79 Å². The monoisotopic (exact) mass is 386 g/mol. The van der Waals surface area contributed by atoms with Crippen molar-refractivity contribution in [1.29, 1.82) is 0 Å². The normalized spacial score (nSPS) is 14.8. The molecule has 1 aromatic heterocycles. The topological polar surface area (TPSA) is 83.0 Å². The summed E-state index contributed by atoms with van der Waals surface area (Å²) in [6.07, 6.45) is 2.01. The Morgan fingerprint density at radius 2 is 1.68 bits per heavy atom. The Morgan fingerprint density at radius 3 is 2.11 bits per heavy atom. The number of esters is 1. The maximum absolute atomic E-state index is 12.8. The van der Waals surface area contributed by atoms with E-state index in [1.165, 1.54) is 0 Å². The molecule has 1 aromatic carbocycles. The van der Waals surface area contributed by atoms with E-state index in [1.54, 1.807) is 11.0 Å². The number of hydrogen-bond acceptors (Lipinski definition) is 5. The second-order valence-corrected chi connectivity index (χ2v) is 9.93. The fourth-order valence-electron chi connectivity index (χ4n) is 3.10. The summed E-state index contributed by atoms with van der Waals surface area (Å²) in [4.78, 5) is 14.5. The van der Waals surface area contributed by atoms with Gasteiger partial charge < -0.3 is 10.5 Å². The standard InChI is InChI=1S/C22H34N4O2/c1-15(2)28-19(27)22(23,14-20(3,4)5)17-11-9-16(10-12-17)18-13-24-26(25-18)21(6,7)8/h9-13,15H,14,23H2,1-8H3. The summed E-state index contributed by atoms with van der Waals surface area (Å²) in [5.74, 6) is -0.399. The third-order valence-electron chi connectivity index (χ3n) is 4.30. The number of carbonyl (C=O) groups excluding carboxylic acids is 1. The smallest absolute Gasteiger partial charge is 0.331 e. The highest BCUT2D eigenvalue weighted by atomic mass is 16.5. The zero-order chi connectivity index (χ0) is 21.3. The molecule has 0 aliphatic heterocycles. The van der Waals surface area contributed by atoms with Crippen molar-refractivity contribution in [3.63, 3.8) is 0 Å². The van der Waals surface area contributed by atoms with Gasteiger partial charge in [0.05, 0.1) is 17.8 Å². The number of rotatable bonds is 5. The molecular formula is C22H34N4O2. The first kappa shape index (κ1) is 22.1. The fraction of sp³-hybridized carbons (Fsp3) is 0.591. The minimum atomic E-state index is -1.20. The average molecular weight is 387 g/mol. The van der Waals surface area contributed by atoms with E-state index >= 15 is 0 Å². The van der Waals surface area contributed by atoms with Crippen molar-refractivity contribution in [3.05, 3.63) is 36.0 Å². The van der Waals surface area contributed by atoms with Crippen molar-refractivity contribution in [2.45, 2.75) is 79.0 Å². The van der Waals surface area contributed by atoms with Crippen LogP contribution >= 0.6 is 0 Å². The third-order valence-corrected chi connectivity index (χ3v) is 4.30. The van der Waals surface area contributed by atoms with Gasteiger partial charge in [-0.15, -0.1) is 0 Å². The van der Waals surface area contributed by atoms with Gasteiger partial charge in [0, 0.05) is 5.56 Å². The molecule has 0 bridgehead atoms. The summed E-state index contributed by atoms with van der Waals surface area (Å²) in [6.45, 7) is 16.0. The molecule has 6 heteroatoms. The molecule has 0 spiro atoms. The van der Waals surface area contributed by atoms with Crippen molar-refractivity contribution in [2.75, 3.05) is 0 Å². The molecular weight excluding hydrogens is 352 g/mol. The van der Waals surface area contributed by atoms with E-state index in [9.17, 15) is 4.79 Å². The molecule has 1 heterocycles. The third kappa shape index (κ3) is 5.19. The van der Waals surface area contributed by atoms with Crippen molar-refractivity contribution >= 4 is 5.97 Å². The van der Waals surface area contributed by atoms with Crippen LogP contribution in [0.15, 0.2) is 30.5 Å². The first-order chi connectivity index (χ1) is 12.7. The van der Waals surface area contributed by atoms with E-state index in [0.717, 1.165) is 16.8 Å². The molecule has 2 N–H and O–H groups in total. The van der Waals surface area contributed by atoms with Gasteiger partial charge in [0.15, 0.2) is 0 Å². The van der Waals surface area contributed by atoms with Crippen LogP contribution in [0, 0.1) is 5.41 Å². The van der Waals surface area contributed by atoms with E-state index in [1.807, 2.05) is 38.1 Å². The van der Waals surface area contributed by atoms with Crippen molar-refractivity contribution in [1.82, 2.24) is 15.0 Å². The van der Waals surface area contributed by atoms with E-state index in [2.05, 4.69) is 51.7 Å². The number of benzene rings is 1. The zero-order valence-corrected chi connectivity index (χ0v) is 18.4. The molecule has 1 unspecified atom stereocenters. The second kappa shape index (κ2) is 7.66. The lowest BCUT2D eigenvalue weighted by Gasteiger charge is -2.34. The van der Waals surface area contributed by atoms with E-state index in [0.29, 0.717) is 6.42 Å². The fourth-order valence-corrected chi connectivity index (χ4v) is 3.10. The molecule has 2 aromatic rings. The van der Waals surface area contributed by atoms with Crippen LogP contribution in [0.5, 0.6) is 0 Å². The lowest BCUT2D eigenvalue weighted by Crippen LogP contribution is -2.49. The highest BCUT2D eigenvalue weighted by molar-refractivity contribution is 5.83. The van der Waals surface area contributed by atoms with Crippen LogP contribution in [0.3, 0.4) is 0 Å². The summed E-state index contributed by atoms with van der Waals surface area (Å²) in [5.41, 5.74) is 7.56. The molecule has 0 amide bonds. The summed E-state index contributed by atoms with van der Waals surface area (Å²) >= 11 is 0. The van der Waals surface area contributed by atoms with Crippen LogP contribution in [0.2, 0.25) is 0 Å². The quantitative estimate of drug-likeness (QED) is 0.777. The Morgan fingerprint density at radius 1 is 1.11 bits per heavy atom. The minimum Gasteiger partial charge on any atom is -0.461 e. The molecule has 1 atom stereocenters. The van der Waals surface area contributed by atoms with Gasteiger partial charge in [-0.05, 0) is 52.0 Å². The average Bonchev–Trinajstić information content (AvgIpc) is 3.03. The largest absolute Gasteiger partial charge is 0.461 e. The Balaban J connectivity index is 2.38. The van der Waals surface area contributed by atoms with Gasteiger partial charge in [-0.3, -0.25) is 0 Å². The van der Waals surface area contributed by atoms with Gasteiger partial charge >= 0.3 is 5.97 Å². The summed E-state index contributed by atoms with van der Waals surface area (Å²) in [6, 6.07) is 7.63. The van der Waals surface area contributed by atoms with Crippen LogP contribution in [0.1, 0.15) is 67.4 Å². The molecule has 0 fully saturated rings. The first-order valence-corrected chi connectivity index (χ1v) is 9.76. The Bertz CT molecular complexity index is 810. The maximum Gasteiger partial charge on any atom is 0.331 e. The number of hydrogen-bond donors (Lipinski definition) is 1. The zero-order valence-electron chi connectivity index (χ0n) is 18.4. The molecule has 0 radical (unpaired) electrons. The lowest BCUT2D eigenvalue weighted by atomic mass is 9.76. The Kier molecular flexibility index (Phi) is 6.04. The summed E-state index contributed by atoms with van der Waals surface area (Å²) in [7, 11) is 0. The molecule has 0 saturated heterocycles. The van der Waals surface area contributed by atoms with E-state index in [-0.39, 0.29) is 17.1 Å². The molecule has 2 rings (SSSR count). The lowest BCUT2D eigenvalue weighted by molar-refractivity contribution is -0.156. The van der Waals surface area contributed by atoms with E-state index < -0.39 is 11.5 Å². The highest BCUT2D eigenvalue weighted by Gasteiger charge is 2.41. The van der Waals surface area contributed by atoms with Gasteiger partial charge in [-0.2, -0.15) is 15.0 Å². The summed E-state index contributed by atoms with van der Waals surface area (Å²) in [5, 5.41) is 8.91. The molecule has 0 aliphatic carbocycles. The van der Waals surface area contributed by atoms with Crippen LogP contribution in [0.4, 0.5) is 0 Å². The second-order valence-electron chi connectivity index (χ2n) is 9.93. The van der Waals surface area contributed by atoms with Gasteiger partial charge in [0.2, 0.25) is 0 Å². The SMILES string of the molecule is CC(C)OC(=O)C(N)(CC(C)(C)C)c1ccc(-c2cnn(C(C)(C)C)n2)cc1. The maximum atomic E-state index is 12.8.